The molecule has 2 rings (SSSR count). The molecule has 0 amide bonds. The summed E-state index contributed by atoms with van der Waals surface area (Å²) >= 11 is 0. The summed E-state index contributed by atoms with van der Waals surface area (Å²) in [6.45, 7) is 1.80. The van der Waals surface area contributed by atoms with Gasteiger partial charge in [-0.2, -0.15) is 0 Å². The zero-order valence-corrected chi connectivity index (χ0v) is 10.3. The largest absolute Gasteiger partial charge is 0.478 e. The van der Waals surface area contributed by atoms with E-state index >= 15 is 0 Å². The first kappa shape index (κ1) is 13.0. The topological polar surface area (TPSA) is 50.2 Å². The second-order valence-electron chi connectivity index (χ2n) is 4.05. The molecule has 1 aromatic carbocycles. The molecule has 19 heavy (non-hydrogen) atoms. The van der Waals surface area contributed by atoms with Gasteiger partial charge in [0, 0.05) is 17.3 Å². The highest BCUT2D eigenvalue weighted by Gasteiger charge is 2.03. The predicted molar refractivity (Wildman–Crippen MR) is 71.0 cm³/mol. The Morgan fingerprint density at radius 1 is 1.21 bits per heavy atom. The third-order valence-corrected chi connectivity index (χ3v) is 2.67. The van der Waals surface area contributed by atoms with Gasteiger partial charge in [-0.15, -0.1) is 0 Å². The number of aryl methyl sites for hydroxylation is 1. The van der Waals surface area contributed by atoms with E-state index in [1.54, 1.807) is 31.2 Å². The first-order valence-corrected chi connectivity index (χ1v) is 5.71. The Hall–Kier alpha value is -2.49. The molecule has 0 atom stereocenters. The number of benzene rings is 1. The van der Waals surface area contributed by atoms with Gasteiger partial charge >= 0.3 is 5.97 Å². The Balaban J connectivity index is 2.33. The van der Waals surface area contributed by atoms with Crippen molar-refractivity contribution in [1.29, 1.82) is 0 Å². The lowest BCUT2D eigenvalue weighted by Gasteiger charge is -2.05. The molecule has 0 saturated carbocycles. The van der Waals surface area contributed by atoms with E-state index in [1.807, 2.05) is 0 Å². The lowest BCUT2D eigenvalue weighted by Crippen LogP contribution is -1.92. The summed E-state index contributed by atoms with van der Waals surface area (Å²) in [7, 11) is 0. The van der Waals surface area contributed by atoms with Gasteiger partial charge in [-0.1, -0.05) is 6.07 Å². The molecule has 0 radical (unpaired) electrons. The molecule has 1 heterocycles. The van der Waals surface area contributed by atoms with Crippen LogP contribution < -0.4 is 0 Å². The van der Waals surface area contributed by atoms with Crippen molar-refractivity contribution in [3.05, 3.63) is 59.5 Å². The fourth-order valence-electron chi connectivity index (χ4n) is 1.69. The van der Waals surface area contributed by atoms with Gasteiger partial charge in [-0.05, 0) is 48.9 Å². The molecule has 0 aliphatic heterocycles. The van der Waals surface area contributed by atoms with Crippen LogP contribution in [0.2, 0.25) is 0 Å². The molecule has 96 valence electrons. The Morgan fingerprint density at radius 2 is 1.89 bits per heavy atom. The van der Waals surface area contributed by atoms with Crippen molar-refractivity contribution in [1.82, 2.24) is 4.98 Å². The van der Waals surface area contributed by atoms with Crippen LogP contribution in [0.25, 0.3) is 17.3 Å². The van der Waals surface area contributed by atoms with Crippen LogP contribution in [0.5, 0.6) is 0 Å². The van der Waals surface area contributed by atoms with Gasteiger partial charge in [0.15, 0.2) is 0 Å². The molecule has 1 N–H and O–H groups in total. The van der Waals surface area contributed by atoms with Gasteiger partial charge in [-0.3, -0.25) is 4.98 Å². The standard InChI is InChI=1S/C15H12FNO2/c1-10-11(5-9-15(18)19)4-8-14(17-10)12-2-6-13(16)7-3-12/h2-9H,1H3,(H,18,19)/b9-5+. The first-order valence-electron chi connectivity index (χ1n) is 5.71. The van der Waals surface area contributed by atoms with E-state index in [4.69, 9.17) is 5.11 Å². The number of carboxylic acid groups (broad SMARTS) is 1. The van der Waals surface area contributed by atoms with Crippen molar-refractivity contribution < 1.29 is 14.3 Å². The average molecular weight is 257 g/mol. The molecular formula is C15H12FNO2. The minimum atomic E-state index is -0.998. The number of nitrogens with zero attached hydrogens (tertiary/aromatic N) is 1. The third kappa shape index (κ3) is 3.25. The number of hydrogen-bond acceptors (Lipinski definition) is 2. The maximum atomic E-state index is 12.8. The van der Waals surface area contributed by atoms with Crippen LogP contribution in [-0.2, 0) is 4.79 Å². The highest BCUT2D eigenvalue weighted by molar-refractivity contribution is 5.85. The molecule has 0 aliphatic carbocycles. The van der Waals surface area contributed by atoms with E-state index < -0.39 is 5.97 Å². The van der Waals surface area contributed by atoms with Gasteiger partial charge in [0.05, 0.1) is 5.69 Å². The summed E-state index contributed by atoms with van der Waals surface area (Å²) in [5.41, 5.74) is 3.01. The molecule has 0 fully saturated rings. The van der Waals surface area contributed by atoms with Crippen LogP contribution >= 0.6 is 0 Å². The molecule has 3 nitrogen and oxygen atoms in total. The fourth-order valence-corrected chi connectivity index (χ4v) is 1.69. The summed E-state index contributed by atoms with van der Waals surface area (Å²) in [6.07, 6.45) is 2.57. The lowest BCUT2D eigenvalue weighted by atomic mass is 10.1. The van der Waals surface area contributed by atoms with Crippen molar-refractivity contribution in [3.63, 3.8) is 0 Å². The maximum Gasteiger partial charge on any atom is 0.328 e. The summed E-state index contributed by atoms with van der Waals surface area (Å²) < 4.78 is 12.8. The molecule has 0 unspecified atom stereocenters. The lowest BCUT2D eigenvalue weighted by molar-refractivity contribution is -0.131. The van der Waals surface area contributed by atoms with Crippen LogP contribution in [-0.4, -0.2) is 16.1 Å². The SMILES string of the molecule is Cc1nc(-c2ccc(F)cc2)ccc1/C=C/C(=O)O. The van der Waals surface area contributed by atoms with Gasteiger partial charge in [-0.25, -0.2) is 9.18 Å². The van der Waals surface area contributed by atoms with Crippen LogP contribution in [0.15, 0.2) is 42.5 Å². The smallest absolute Gasteiger partial charge is 0.328 e. The average Bonchev–Trinajstić information content (AvgIpc) is 2.38. The molecule has 0 saturated heterocycles. The fraction of sp³-hybridized carbons (Fsp3) is 0.0667. The molecular weight excluding hydrogens is 245 g/mol. The van der Waals surface area contributed by atoms with Gasteiger partial charge < -0.3 is 5.11 Å². The summed E-state index contributed by atoms with van der Waals surface area (Å²) in [6, 6.07) is 9.64. The van der Waals surface area contributed by atoms with Gasteiger partial charge in [0.25, 0.3) is 0 Å². The zero-order chi connectivity index (χ0) is 13.8. The number of rotatable bonds is 3. The van der Waals surface area contributed by atoms with Crippen LogP contribution in [0, 0.1) is 12.7 Å². The zero-order valence-electron chi connectivity index (χ0n) is 10.3. The first-order chi connectivity index (χ1) is 9.06. The number of hydrogen-bond donors (Lipinski definition) is 1. The van der Waals surface area contributed by atoms with Crippen molar-refractivity contribution in [2.24, 2.45) is 0 Å². The maximum absolute atomic E-state index is 12.8. The monoisotopic (exact) mass is 257 g/mol. The number of aromatic nitrogens is 1. The van der Waals surface area contributed by atoms with Crippen molar-refractivity contribution in [3.8, 4) is 11.3 Å². The number of carbonyl (C=O) groups is 1. The third-order valence-electron chi connectivity index (χ3n) is 2.67. The quantitative estimate of drug-likeness (QED) is 0.858. The van der Waals surface area contributed by atoms with E-state index in [1.165, 1.54) is 18.2 Å². The highest BCUT2D eigenvalue weighted by Crippen LogP contribution is 2.19. The molecule has 0 spiro atoms. The number of carboxylic acids is 1. The second-order valence-corrected chi connectivity index (χ2v) is 4.05. The minimum Gasteiger partial charge on any atom is -0.478 e. The van der Waals surface area contributed by atoms with Crippen LogP contribution in [0.4, 0.5) is 4.39 Å². The highest BCUT2D eigenvalue weighted by atomic mass is 19.1. The molecule has 1 aromatic heterocycles. The van der Waals surface area contributed by atoms with Crippen molar-refractivity contribution >= 4 is 12.0 Å². The predicted octanol–water partition coefficient (Wildman–Crippen LogP) is 3.29. The Bertz CT molecular complexity index is 633. The summed E-state index contributed by atoms with van der Waals surface area (Å²) in [5, 5.41) is 8.58. The van der Waals surface area contributed by atoms with E-state index in [0.29, 0.717) is 0 Å². The van der Waals surface area contributed by atoms with E-state index in [9.17, 15) is 9.18 Å². The minimum absolute atomic E-state index is 0.290. The van der Waals surface area contributed by atoms with Gasteiger partial charge in [0.2, 0.25) is 0 Å². The Kier molecular flexibility index (Phi) is 3.71. The molecule has 4 heteroatoms. The normalized spacial score (nSPS) is 10.8. The van der Waals surface area contributed by atoms with Crippen LogP contribution in [0.3, 0.4) is 0 Å². The molecule has 2 aromatic rings. The van der Waals surface area contributed by atoms with Gasteiger partial charge in [0.1, 0.15) is 5.82 Å². The second kappa shape index (κ2) is 5.44. The number of aliphatic carboxylic acids is 1. The van der Waals surface area contributed by atoms with E-state index in [-0.39, 0.29) is 5.82 Å². The van der Waals surface area contributed by atoms with Crippen molar-refractivity contribution in [2.75, 3.05) is 0 Å². The summed E-state index contributed by atoms with van der Waals surface area (Å²) in [4.78, 5) is 14.8. The van der Waals surface area contributed by atoms with Crippen LogP contribution in [0.1, 0.15) is 11.3 Å². The van der Waals surface area contributed by atoms with Crippen molar-refractivity contribution in [2.45, 2.75) is 6.92 Å². The molecule has 0 aliphatic rings. The Morgan fingerprint density at radius 3 is 2.47 bits per heavy atom. The number of halogens is 1. The van der Waals surface area contributed by atoms with E-state index in [2.05, 4.69) is 4.98 Å². The summed E-state index contributed by atoms with van der Waals surface area (Å²) in [5.74, 6) is -1.29. The molecule has 0 bridgehead atoms. The van der Waals surface area contributed by atoms with E-state index in [0.717, 1.165) is 28.6 Å². The number of pyridine rings is 1. The Labute approximate surface area is 110 Å².